The van der Waals surface area contributed by atoms with Gasteiger partial charge in [-0.2, -0.15) is 0 Å². The van der Waals surface area contributed by atoms with Gasteiger partial charge in [-0.05, 0) is 38.1 Å². The predicted octanol–water partition coefficient (Wildman–Crippen LogP) is 3.10. The van der Waals surface area contributed by atoms with Crippen LogP contribution in [0.15, 0.2) is 0 Å². The monoisotopic (exact) mass is 227 g/mol. The van der Waals surface area contributed by atoms with Gasteiger partial charge in [0, 0.05) is 13.2 Å². The van der Waals surface area contributed by atoms with Crippen LogP contribution in [0.25, 0.3) is 0 Å². The second-order valence-corrected chi connectivity index (χ2v) is 5.25. The van der Waals surface area contributed by atoms with Crippen LogP contribution < -0.4 is 5.32 Å². The Morgan fingerprint density at radius 2 is 1.31 bits per heavy atom. The van der Waals surface area contributed by atoms with E-state index >= 15 is 0 Å². The van der Waals surface area contributed by atoms with Gasteiger partial charge in [0.1, 0.15) is 0 Å². The van der Waals surface area contributed by atoms with Gasteiger partial charge in [-0.15, -0.1) is 0 Å². The summed E-state index contributed by atoms with van der Waals surface area (Å²) in [6, 6.07) is 0.866. The van der Waals surface area contributed by atoms with Gasteiger partial charge in [0.15, 0.2) is 0 Å². The third kappa shape index (κ3) is 5.31. The summed E-state index contributed by atoms with van der Waals surface area (Å²) in [6.07, 6.45) is 14.7. The third-order valence-corrected chi connectivity index (χ3v) is 4.03. The first-order valence-corrected chi connectivity index (χ1v) is 7.13. The molecular weight excluding hydrogens is 198 g/mol. The molecule has 2 aliphatic carbocycles. The lowest BCUT2D eigenvalue weighted by Gasteiger charge is -2.27. The fourth-order valence-corrected chi connectivity index (χ4v) is 3.03. The summed E-state index contributed by atoms with van der Waals surface area (Å²) in [6.45, 7) is 1.31. The Morgan fingerprint density at radius 1 is 0.812 bits per heavy atom. The number of aliphatic hydroxyl groups is 1. The fraction of sp³-hybridized carbons (Fsp3) is 1.00. The van der Waals surface area contributed by atoms with Crippen molar-refractivity contribution in [3.8, 4) is 0 Å². The van der Waals surface area contributed by atoms with Crippen molar-refractivity contribution in [1.82, 2.24) is 5.32 Å². The highest BCUT2D eigenvalue weighted by molar-refractivity contribution is 4.75. The van der Waals surface area contributed by atoms with E-state index in [-0.39, 0.29) is 0 Å². The zero-order valence-corrected chi connectivity index (χ0v) is 10.9. The summed E-state index contributed by atoms with van der Waals surface area (Å²) in [5, 5.41) is 10.8. The van der Waals surface area contributed by atoms with Gasteiger partial charge in [-0.3, -0.25) is 0 Å². The number of rotatable bonds is 3. The molecule has 2 nitrogen and oxygen atoms in total. The van der Waals surface area contributed by atoms with E-state index in [1.807, 2.05) is 0 Å². The highest BCUT2D eigenvalue weighted by atomic mass is 16.2. The smallest absolute Gasteiger partial charge is 0.0319 e. The molecule has 2 N–H and O–H groups in total. The van der Waals surface area contributed by atoms with Gasteiger partial charge in [0.25, 0.3) is 0 Å². The molecule has 2 saturated carbocycles. The van der Waals surface area contributed by atoms with E-state index in [1.165, 1.54) is 70.8 Å². The predicted molar refractivity (Wildman–Crippen MR) is 69.6 cm³/mol. The summed E-state index contributed by atoms with van der Waals surface area (Å²) >= 11 is 0. The van der Waals surface area contributed by atoms with E-state index in [1.54, 1.807) is 0 Å². The molecule has 2 rings (SSSR count). The minimum absolute atomic E-state index is 0.866. The fourth-order valence-electron chi connectivity index (χ4n) is 3.03. The van der Waals surface area contributed by atoms with Crippen molar-refractivity contribution in [1.29, 1.82) is 0 Å². The molecule has 2 heteroatoms. The van der Waals surface area contributed by atoms with Crippen LogP contribution in [0.5, 0.6) is 0 Å². The third-order valence-electron chi connectivity index (χ3n) is 4.03. The number of hydrogen-bond donors (Lipinski definition) is 2. The Labute approximate surface area is 101 Å². The van der Waals surface area contributed by atoms with Gasteiger partial charge >= 0.3 is 0 Å². The standard InChI is InChI=1S/C13H25N.CH4O/c1-3-7-12(8-4-1)11-14-13-9-5-2-6-10-13;1-2/h12-14H,1-11H2;2H,1H3. The Kier molecular flexibility index (Phi) is 7.87. The van der Waals surface area contributed by atoms with Crippen LogP contribution in [-0.4, -0.2) is 24.8 Å². The zero-order valence-electron chi connectivity index (χ0n) is 10.9. The molecule has 0 atom stereocenters. The van der Waals surface area contributed by atoms with Gasteiger partial charge in [0.2, 0.25) is 0 Å². The molecule has 16 heavy (non-hydrogen) atoms. The minimum Gasteiger partial charge on any atom is -0.400 e. The van der Waals surface area contributed by atoms with Crippen molar-refractivity contribution in [2.24, 2.45) is 5.92 Å². The lowest BCUT2D eigenvalue weighted by Crippen LogP contribution is -2.35. The molecule has 0 unspecified atom stereocenters. The summed E-state index contributed by atoms with van der Waals surface area (Å²) in [5.41, 5.74) is 0. The van der Waals surface area contributed by atoms with Crippen molar-refractivity contribution in [2.75, 3.05) is 13.7 Å². The van der Waals surface area contributed by atoms with Crippen LogP contribution in [-0.2, 0) is 0 Å². The lowest BCUT2D eigenvalue weighted by atomic mass is 9.88. The Bertz CT molecular complexity index is 131. The molecule has 2 fully saturated rings. The Balaban J connectivity index is 0.000000606. The van der Waals surface area contributed by atoms with Gasteiger partial charge < -0.3 is 10.4 Å². The average molecular weight is 227 g/mol. The topological polar surface area (TPSA) is 32.3 Å². The first kappa shape index (κ1) is 14.0. The molecule has 0 radical (unpaired) electrons. The maximum atomic E-state index is 7.00. The van der Waals surface area contributed by atoms with Crippen LogP contribution in [0.2, 0.25) is 0 Å². The average Bonchev–Trinajstić information content (AvgIpc) is 2.41. The Morgan fingerprint density at radius 3 is 1.88 bits per heavy atom. The summed E-state index contributed by atoms with van der Waals surface area (Å²) in [5.74, 6) is 1.01. The highest BCUT2D eigenvalue weighted by Gasteiger charge is 2.16. The summed E-state index contributed by atoms with van der Waals surface area (Å²) in [7, 11) is 1.00. The molecular formula is C14H29NO. The van der Waals surface area contributed by atoms with E-state index in [0.29, 0.717) is 0 Å². The maximum Gasteiger partial charge on any atom is 0.0319 e. The maximum absolute atomic E-state index is 7.00. The molecule has 0 aromatic heterocycles. The largest absolute Gasteiger partial charge is 0.400 e. The van der Waals surface area contributed by atoms with Gasteiger partial charge in [-0.1, -0.05) is 38.5 Å². The van der Waals surface area contributed by atoms with E-state index in [2.05, 4.69) is 5.32 Å². The molecule has 0 saturated heterocycles. The van der Waals surface area contributed by atoms with Crippen LogP contribution in [0.1, 0.15) is 64.2 Å². The van der Waals surface area contributed by atoms with Crippen molar-refractivity contribution in [3.63, 3.8) is 0 Å². The number of aliphatic hydroxyl groups excluding tert-OH is 1. The minimum atomic E-state index is 0.866. The molecule has 2 aliphatic rings. The van der Waals surface area contributed by atoms with Crippen LogP contribution in [0, 0.1) is 5.92 Å². The molecule has 96 valence electrons. The van der Waals surface area contributed by atoms with Crippen molar-refractivity contribution >= 4 is 0 Å². The number of hydrogen-bond acceptors (Lipinski definition) is 2. The second kappa shape index (κ2) is 9.00. The zero-order chi connectivity index (χ0) is 11.6. The van der Waals surface area contributed by atoms with Crippen LogP contribution in [0.3, 0.4) is 0 Å². The van der Waals surface area contributed by atoms with E-state index in [9.17, 15) is 0 Å². The second-order valence-electron chi connectivity index (χ2n) is 5.25. The SMILES string of the molecule is C1CCC(CNC2CCCCC2)CC1.CO. The highest BCUT2D eigenvalue weighted by Crippen LogP contribution is 2.24. The van der Waals surface area contributed by atoms with Crippen molar-refractivity contribution in [2.45, 2.75) is 70.3 Å². The van der Waals surface area contributed by atoms with E-state index < -0.39 is 0 Å². The Hall–Kier alpha value is -0.0800. The molecule has 0 aromatic rings. The lowest BCUT2D eigenvalue weighted by molar-refractivity contribution is 0.300. The molecule has 0 spiro atoms. The first-order chi connectivity index (χ1) is 7.95. The molecule has 0 aliphatic heterocycles. The van der Waals surface area contributed by atoms with Crippen molar-refractivity contribution < 1.29 is 5.11 Å². The van der Waals surface area contributed by atoms with E-state index in [0.717, 1.165) is 19.1 Å². The van der Waals surface area contributed by atoms with Gasteiger partial charge in [0.05, 0.1) is 0 Å². The molecule has 0 heterocycles. The first-order valence-electron chi connectivity index (χ1n) is 7.13. The molecule has 0 bridgehead atoms. The summed E-state index contributed by atoms with van der Waals surface area (Å²) < 4.78 is 0. The van der Waals surface area contributed by atoms with Crippen molar-refractivity contribution in [3.05, 3.63) is 0 Å². The number of nitrogens with one attached hydrogen (secondary N) is 1. The molecule has 0 amide bonds. The van der Waals surface area contributed by atoms with Crippen LogP contribution >= 0.6 is 0 Å². The summed E-state index contributed by atoms with van der Waals surface area (Å²) in [4.78, 5) is 0. The van der Waals surface area contributed by atoms with E-state index in [4.69, 9.17) is 5.11 Å². The molecule has 0 aromatic carbocycles. The quantitative estimate of drug-likeness (QED) is 0.776. The van der Waals surface area contributed by atoms with Gasteiger partial charge in [-0.25, -0.2) is 0 Å². The normalized spacial score (nSPS) is 23.6. The van der Waals surface area contributed by atoms with Crippen LogP contribution in [0.4, 0.5) is 0 Å².